The molecule has 168 valence electrons. The zero-order valence-corrected chi connectivity index (χ0v) is 19.5. The second-order valence-electron chi connectivity index (χ2n) is 7.92. The van der Waals surface area contributed by atoms with E-state index < -0.39 is 21.7 Å². The number of carbonyl (C=O) groups is 1. The largest absolute Gasteiger partial charge is 0.314 e. The van der Waals surface area contributed by atoms with Gasteiger partial charge in [-0.05, 0) is 61.7 Å². The molecule has 0 unspecified atom stereocenters. The molecular formula is C25H27FN2O3S. The van der Waals surface area contributed by atoms with Crippen molar-refractivity contribution in [2.24, 2.45) is 0 Å². The highest BCUT2D eigenvalue weighted by atomic mass is 32.2. The average molecular weight is 455 g/mol. The fraction of sp³-hybridized carbons (Fsp3) is 0.240. The van der Waals surface area contributed by atoms with Crippen LogP contribution in [0.5, 0.6) is 0 Å². The summed E-state index contributed by atoms with van der Waals surface area (Å²) in [6, 6.07) is 18.3. The van der Waals surface area contributed by atoms with E-state index in [1.165, 1.54) is 33.5 Å². The first kappa shape index (κ1) is 23.6. The Morgan fingerprint density at radius 3 is 2.03 bits per heavy atom. The zero-order chi connectivity index (χ0) is 23.5. The Kier molecular flexibility index (Phi) is 7.11. The van der Waals surface area contributed by atoms with Crippen molar-refractivity contribution in [1.29, 1.82) is 0 Å². The first-order valence-electron chi connectivity index (χ1n) is 10.2. The van der Waals surface area contributed by atoms with E-state index in [0.29, 0.717) is 16.8 Å². The number of amides is 1. The predicted octanol–water partition coefficient (Wildman–Crippen LogP) is 4.60. The van der Waals surface area contributed by atoms with Gasteiger partial charge in [-0.25, -0.2) is 12.8 Å². The van der Waals surface area contributed by atoms with E-state index in [-0.39, 0.29) is 18.0 Å². The van der Waals surface area contributed by atoms with Gasteiger partial charge in [0, 0.05) is 19.3 Å². The van der Waals surface area contributed by atoms with Crippen LogP contribution in [0.15, 0.2) is 71.6 Å². The molecule has 0 aromatic heterocycles. The Bertz CT molecular complexity index is 1190. The van der Waals surface area contributed by atoms with E-state index in [1.807, 2.05) is 49.4 Å². The standard InChI is InChI=1S/C25H27FN2O3S/c1-18-14-19(2)25(20(3)15-18)32(30,31)28(16-21-8-6-5-7-9-21)17-24(29)27(4)23-12-10-22(26)11-13-23/h5-15H,16-17H2,1-4H3. The minimum atomic E-state index is -3.97. The molecule has 0 saturated carbocycles. The van der Waals surface area contributed by atoms with Crippen LogP contribution < -0.4 is 4.90 Å². The van der Waals surface area contributed by atoms with Crippen molar-refractivity contribution in [2.45, 2.75) is 32.2 Å². The zero-order valence-electron chi connectivity index (χ0n) is 18.7. The number of carbonyl (C=O) groups excluding carboxylic acids is 1. The Morgan fingerprint density at radius 2 is 1.47 bits per heavy atom. The van der Waals surface area contributed by atoms with Crippen molar-refractivity contribution in [3.63, 3.8) is 0 Å². The van der Waals surface area contributed by atoms with Gasteiger partial charge in [0.2, 0.25) is 15.9 Å². The van der Waals surface area contributed by atoms with Crippen molar-refractivity contribution in [2.75, 3.05) is 18.5 Å². The molecule has 0 N–H and O–H groups in total. The summed E-state index contributed by atoms with van der Waals surface area (Å²) in [5.41, 5.74) is 3.51. The fourth-order valence-electron chi connectivity index (χ4n) is 3.78. The van der Waals surface area contributed by atoms with Crippen LogP contribution in [0, 0.1) is 26.6 Å². The molecule has 0 atom stereocenters. The molecule has 0 aliphatic heterocycles. The SMILES string of the molecule is Cc1cc(C)c(S(=O)(=O)N(CC(=O)N(C)c2ccc(F)cc2)Cc2ccccc2)c(C)c1. The first-order chi connectivity index (χ1) is 15.1. The number of likely N-dealkylation sites (N-methyl/N-ethyl adjacent to an activating group) is 1. The van der Waals surface area contributed by atoms with Crippen LogP contribution in [-0.4, -0.2) is 32.2 Å². The average Bonchev–Trinajstić information content (AvgIpc) is 2.73. The number of sulfonamides is 1. The summed E-state index contributed by atoms with van der Waals surface area (Å²) in [5, 5.41) is 0. The monoisotopic (exact) mass is 454 g/mol. The van der Waals surface area contributed by atoms with Gasteiger partial charge in [-0.2, -0.15) is 4.31 Å². The number of hydrogen-bond acceptors (Lipinski definition) is 3. The molecule has 3 rings (SSSR count). The second-order valence-corrected chi connectivity index (χ2v) is 9.79. The first-order valence-corrected chi connectivity index (χ1v) is 11.7. The summed E-state index contributed by atoms with van der Waals surface area (Å²) in [7, 11) is -2.42. The number of rotatable bonds is 7. The van der Waals surface area contributed by atoms with Gasteiger partial charge in [0.25, 0.3) is 0 Å². The second kappa shape index (κ2) is 9.63. The maximum atomic E-state index is 13.7. The molecule has 0 heterocycles. The van der Waals surface area contributed by atoms with Gasteiger partial charge < -0.3 is 4.90 Å². The number of nitrogens with zero attached hydrogens (tertiary/aromatic N) is 2. The third-order valence-electron chi connectivity index (χ3n) is 5.30. The molecule has 1 amide bonds. The van der Waals surface area contributed by atoms with Gasteiger partial charge in [-0.1, -0.05) is 48.0 Å². The Hall–Kier alpha value is -3.03. The molecule has 3 aromatic rings. The van der Waals surface area contributed by atoms with Crippen molar-refractivity contribution < 1.29 is 17.6 Å². The maximum absolute atomic E-state index is 13.7. The molecule has 3 aromatic carbocycles. The van der Waals surface area contributed by atoms with Gasteiger partial charge in [0.15, 0.2) is 0 Å². The highest BCUT2D eigenvalue weighted by Crippen LogP contribution is 2.27. The quantitative estimate of drug-likeness (QED) is 0.524. The lowest BCUT2D eigenvalue weighted by atomic mass is 10.1. The molecule has 0 radical (unpaired) electrons. The minimum Gasteiger partial charge on any atom is -0.314 e. The third kappa shape index (κ3) is 5.23. The summed E-state index contributed by atoms with van der Waals surface area (Å²) in [6.07, 6.45) is 0. The van der Waals surface area contributed by atoms with Crippen molar-refractivity contribution in [3.05, 3.63) is 94.8 Å². The Balaban J connectivity index is 1.98. The maximum Gasteiger partial charge on any atom is 0.244 e. The molecule has 0 aliphatic rings. The van der Waals surface area contributed by atoms with Crippen LogP contribution in [-0.2, 0) is 21.4 Å². The van der Waals surface area contributed by atoms with E-state index >= 15 is 0 Å². The molecule has 0 fully saturated rings. The van der Waals surface area contributed by atoms with Gasteiger partial charge in [-0.3, -0.25) is 4.79 Å². The fourth-order valence-corrected chi connectivity index (χ4v) is 5.57. The number of hydrogen-bond donors (Lipinski definition) is 0. The summed E-state index contributed by atoms with van der Waals surface area (Å²) in [4.78, 5) is 14.6. The summed E-state index contributed by atoms with van der Waals surface area (Å²) < 4.78 is 41.9. The van der Waals surface area contributed by atoms with Crippen molar-refractivity contribution >= 4 is 21.6 Å². The predicted molar refractivity (Wildman–Crippen MR) is 125 cm³/mol. The highest BCUT2D eigenvalue weighted by molar-refractivity contribution is 7.89. The highest BCUT2D eigenvalue weighted by Gasteiger charge is 2.31. The number of benzene rings is 3. The molecule has 0 spiro atoms. The van der Waals surface area contributed by atoms with Gasteiger partial charge >= 0.3 is 0 Å². The molecule has 0 aliphatic carbocycles. The van der Waals surface area contributed by atoms with Crippen LogP contribution in [0.2, 0.25) is 0 Å². The smallest absolute Gasteiger partial charge is 0.244 e. The minimum absolute atomic E-state index is 0.0545. The number of aryl methyl sites for hydroxylation is 3. The Morgan fingerprint density at radius 1 is 0.906 bits per heavy atom. The summed E-state index contributed by atoms with van der Waals surface area (Å²) in [6.45, 7) is 5.15. The normalized spacial score (nSPS) is 11.6. The van der Waals surface area contributed by atoms with Crippen LogP contribution in [0.25, 0.3) is 0 Å². The van der Waals surface area contributed by atoms with E-state index in [4.69, 9.17) is 0 Å². The van der Waals surface area contributed by atoms with E-state index in [1.54, 1.807) is 20.9 Å². The third-order valence-corrected chi connectivity index (χ3v) is 7.40. The molecule has 0 saturated heterocycles. The summed E-state index contributed by atoms with van der Waals surface area (Å²) in [5.74, 6) is -0.827. The van der Waals surface area contributed by atoms with E-state index in [0.717, 1.165) is 11.1 Å². The lowest BCUT2D eigenvalue weighted by Crippen LogP contribution is -2.41. The van der Waals surface area contributed by atoms with Crippen LogP contribution in [0.1, 0.15) is 22.3 Å². The Labute approximate surface area is 189 Å². The molecule has 0 bridgehead atoms. The lowest BCUT2D eigenvalue weighted by molar-refractivity contribution is -0.118. The van der Waals surface area contributed by atoms with Crippen LogP contribution in [0.3, 0.4) is 0 Å². The van der Waals surface area contributed by atoms with Crippen molar-refractivity contribution in [1.82, 2.24) is 4.31 Å². The van der Waals surface area contributed by atoms with Crippen LogP contribution in [0.4, 0.5) is 10.1 Å². The van der Waals surface area contributed by atoms with Crippen molar-refractivity contribution in [3.8, 4) is 0 Å². The van der Waals surface area contributed by atoms with Crippen LogP contribution >= 0.6 is 0 Å². The molecule has 32 heavy (non-hydrogen) atoms. The molecular weight excluding hydrogens is 427 g/mol. The van der Waals surface area contributed by atoms with Gasteiger partial charge in [0.05, 0.1) is 11.4 Å². The van der Waals surface area contributed by atoms with Gasteiger partial charge in [0.1, 0.15) is 5.82 Å². The number of anilines is 1. The molecule has 5 nitrogen and oxygen atoms in total. The lowest BCUT2D eigenvalue weighted by Gasteiger charge is -2.26. The molecule has 7 heteroatoms. The number of halogens is 1. The van der Waals surface area contributed by atoms with E-state index in [9.17, 15) is 17.6 Å². The topological polar surface area (TPSA) is 57.7 Å². The van der Waals surface area contributed by atoms with Gasteiger partial charge in [-0.15, -0.1) is 0 Å². The summed E-state index contributed by atoms with van der Waals surface area (Å²) >= 11 is 0. The van der Waals surface area contributed by atoms with E-state index in [2.05, 4.69) is 0 Å².